The lowest BCUT2D eigenvalue weighted by Gasteiger charge is -2.29. The quantitative estimate of drug-likeness (QED) is 0.815. The molecule has 0 saturated carbocycles. The third-order valence-corrected chi connectivity index (χ3v) is 4.03. The zero-order valence-corrected chi connectivity index (χ0v) is 11.0. The lowest BCUT2D eigenvalue weighted by molar-refractivity contribution is 0.265. The van der Waals surface area contributed by atoms with Gasteiger partial charge in [-0.15, -0.1) is 0 Å². The summed E-state index contributed by atoms with van der Waals surface area (Å²) in [7, 11) is 0. The van der Waals surface area contributed by atoms with E-state index in [0.717, 1.165) is 11.8 Å². The molecule has 0 unspecified atom stereocenters. The van der Waals surface area contributed by atoms with Gasteiger partial charge in [-0.05, 0) is 56.2 Å². The van der Waals surface area contributed by atoms with Gasteiger partial charge in [-0.1, -0.05) is 43.7 Å². The molecule has 1 aliphatic rings. The summed E-state index contributed by atoms with van der Waals surface area (Å²) in [5.74, 6) is 1.84. The van der Waals surface area contributed by atoms with Crippen LogP contribution in [0.4, 0.5) is 0 Å². The van der Waals surface area contributed by atoms with E-state index in [1.807, 2.05) is 0 Å². The van der Waals surface area contributed by atoms with Gasteiger partial charge in [-0.2, -0.15) is 0 Å². The maximum atomic E-state index is 3.58. The van der Waals surface area contributed by atoms with Crippen LogP contribution in [0.5, 0.6) is 0 Å². The molecule has 0 aliphatic carbocycles. The first kappa shape index (κ1) is 12.6. The number of piperidine rings is 1. The maximum absolute atomic E-state index is 3.58. The van der Waals surface area contributed by atoms with Gasteiger partial charge in [-0.3, -0.25) is 0 Å². The largest absolute Gasteiger partial charge is 0.316 e. The molecule has 17 heavy (non-hydrogen) atoms. The van der Waals surface area contributed by atoms with Crippen molar-refractivity contribution < 1.29 is 0 Å². The van der Waals surface area contributed by atoms with Crippen LogP contribution in [0.15, 0.2) is 30.3 Å². The highest BCUT2D eigenvalue weighted by atomic mass is 14.9. The van der Waals surface area contributed by atoms with Gasteiger partial charge in [0.15, 0.2) is 0 Å². The maximum Gasteiger partial charge on any atom is -0.00203 e. The Kier molecular flexibility index (Phi) is 5.06. The molecule has 0 radical (unpaired) electrons. The molecule has 1 nitrogen and oxygen atoms in total. The molecule has 0 spiro atoms. The van der Waals surface area contributed by atoms with Crippen molar-refractivity contribution in [3.63, 3.8) is 0 Å². The molecule has 1 aromatic carbocycles. The molecular weight excluding hydrogens is 206 g/mol. The molecule has 0 bridgehead atoms. The molecule has 1 heterocycles. The van der Waals surface area contributed by atoms with E-state index in [-0.39, 0.29) is 0 Å². The highest BCUT2D eigenvalue weighted by Crippen LogP contribution is 2.23. The summed E-state index contributed by atoms with van der Waals surface area (Å²) in [5, 5.41) is 3.58. The smallest absolute Gasteiger partial charge is 0.00203 e. The fourth-order valence-corrected chi connectivity index (χ4v) is 2.90. The van der Waals surface area contributed by atoms with Gasteiger partial charge in [-0.25, -0.2) is 0 Å². The molecular formula is C16H25N. The monoisotopic (exact) mass is 231 g/mol. The SMILES string of the molecule is CC[C@@H]1CNC[C@H](CCCc2ccccc2)C1. The van der Waals surface area contributed by atoms with E-state index in [0.29, 0.717) is 0 Å². The van der Waals surface area contributed by atoms with Crippen LogP contribution in [0.1, 0.15) is 38.2 Å². The highest BCUT2D eigenvalue weighted by Gasteiger charge is 2.19. The molecule has 1 fully saturated rings. The van der Waals surface area contributed by atoms with Crippen LogP contribution in [0.2, 0.25) is 0 Å². The Morgan fingerprint density at radius 3 is 2.65 bits per heavy atom. The number of benzene rings is 1. The van der Waals surface area contributed by atoms with E-state index in [4.69, 9.17) is 0 Å². The van der Waals surface area contributed by atoms with Gasteiger partial charge in [0.25, 0.3) is 0 Å². The summed E-state index contributed by atoms with van der Waals surface area (Å²) < 4.78 is 0. The molecule has 0 aromatic heterocycles. The number of nitrogens with one attached hydrogen (secondary N) is 1. The third kappa shape index (κ3) is 4.16. The van der Waals surface area contributed by atoms with E-state index >= 15 is 0 Å². The fourth-order valence-electron chi connectivity index (χ4n) is 2.90. The van der Waals surface area contributed by atoms with Crippen molar-refractivity contribution in [2.24, 2.45) is 11.8 Å². The summed E-state index contributed by atoms with van der Waals surface area (Å²) >= 11 is 0. The summed E-state index contributed by atoms with van der Waals surface area (Å²) in [6.07, 6.45) is 6.75. The van der Waals surface area contributed by atoms with Crippen LogP contribution in [-0.4, -0.2) is 13.1 Å². The van der Waals surface area contributed by atoms with E-state index in [1.165, 1.54) is 50.8 Å². The minimum atomic E-state index is 0.914. The molecule has 2 atom stereocenters. The molecule has 1 N–H and O–H groups in total. The molecule has 1 heteroatoms. The minimum absolute atomic E-state index is 0.914. The van der Waals surface area contributed by atoms with Crippen LogP contribution >= 0.6 is 0 Å². The second-order valence-corrected chi connectivity index (χ2v) is 5.41. The zero-order chi connectivity index (χ0) is 11.9. The standard InChI is InChI=1S/C16H25N/c1-2-14-11-16(13-17-12-14)10-6-9-15-7-4-3-5-8-15/h3-5,7-8,14,16-17H,2,6,9-13H2,1H3/t14-,16+/m0/s1. The molecule has 2 rings (SSSR count). The van der Waals surface area contributed by atoms with Crippen LogP contribution in [-0.2, 0) is 6.42 Å². The van der Waals surface area contributed by atoms with E-state index in [1.54, 1.807) is 0 Å². The van der Waals surface area contributed by atoms with Crippen LogP contribution < -0.4 is 5.32 Å². The molecule has 1 saturated heterocycles. The van der Waals surface area contributed by atoms with Crippen molar-refractivity contribution in [1.29, 1.82) is 0 Å². The van der Waals surface area contributed by atoms with Gasteiger partial charge < -0.3 is 5.32 Å². The van der Waals surface area contributed by atoms with E-state index in [2.05, 4.69) is 42.6 Å². The van der Waals surface area contributed by atoms with Crippen molar-refractivity contribution in [1.82, 2.24) is 5.32 Å². The predicted molar refractivity (Wildman–Crippen MR) is 74.1 cm³/mol. The first-order valence-corrected chi connectivity index (χ1v) is 7.13. The van der Waals surface area contributed by atoms with Crippen molar-refractivity contribution >= 4 is 0 Å². The second-order valence-electron chi connectivity index (χ2n) is 5.41. The Morgan fingerprint density at radius 2 is 1.88 bits per heavy atom. The van der Waals surface area contributed by atoms with Gasteiger partial charge >= 0.3 is 0 Å². The molecule has 1 aromatic rings. The predicted octanol–water partition coefficient (Wildman–Crippen LogP) is 3.65. The average molecular weight is 231 g/mol. The topological polar surface area (TPSA) is 12.0 Å². The number of rotatable bonds is 5. The minimum Gasteiger partial charge on any atom is -0.316 e. The third-order valence-electron chi connectivity index (χ3n) is 4.03. The number of hydrogen-bond acceptors (Lipinski definition) is 1. The Bertz CT molecular complexity index is 307. The second kappa shape index (κ2) is 6.80. The van der Waals surface area contributed by atoms with Crippen LogP contribution in [0, 0.1) is 11.8 Å². The zero-order valence-electron chi connectivity index (χ0n) is 11.0. The first-order valence-electron chi connectivity index (χ1n) is 7.13. The molecule has 0 amide bonds. The van der Waals surface area contributed by atoms with Gasteiger partial charge in [0.05, 0.1) is 0 Å². The van der Waals surface area contributed by atoms with Crippen molar-refractivity contribution in [2.75, 3.05) is 13.1 Å². The van der Waals surface area contributed by atoms with Gasteiger partial charge in [0.2, 0.25) is 0 Å². The Labute approximate surface area is 106 Å². The summed E-state index contributed by atoms with van der Waals surface area (Å²) in [6.45, 7) is 4.80. The molecule has 1 aliphatic heterocycles. The van der Waals surface area contributed by atoms with Crippen LogP contribution in [0.25, 0.3) is 0 Å². The Balaban J connectivity index is 1.68. The summed E-state index contributed by atoms with van der Waals surface area (Å²) in [5.41, 5.74) is 1.49. The van der Waals surface area contributed by atoms with Crippen molar-refractivity contribution in [3.8, 4) is 0 Å². The fraction of sp³-hybridized carbons (Fsp3) is 0.625. The lowest BCUT2D eigenvalue weighted by Crippen LogP contribution is -2.36. The van der Waals surface area contributed by atoms with E-state index < -0.39 is 0 Å². The normalized spacial score (nSPS) is 24.8. The van der Waals surface area contributed by atoms with E-state index in [9.17, 15) is 0 Å². The Morgan fingerprint density at radius 1 is 1.12 bits per heavy atom. The van der Waals surface area contributed by atoms with Crippen LogP contribution in [0.3, 0.4) is 0 Å². The first-order chi connectivity index (χ1) is 8.38. The summed E-state index contributed by atoms with van der Waals surface area (Å²) in [4.78, 5) is 0. The lowest BCUT2D eigenvalue weighted by atomic mass is 9.85. The highest BCUT2D eigenvalue weighted by molar-refractivity contribution is 5.14. The number of hydrogen-bond donors (Lipinski definition) is 1. The van der Waals surface area contributed by atoms with Crippen molar-refractivity contribution in [3.05, 3.63) is 35.9 Å². The van der Waals surface area contributed by atoms with Crippen molar-refractivity contribution in [2.45, 2.75) is 39.0 Å². The number of aryl methyl sites for hydroxylation is 1. The van der Waals surface area contributed by atoms with Gasteiger partial charge in [0.1, 0.15) is 0 Å². The van der Waals surface area contributed by atoms with Gasteiger partial charge in [0, 0.05) is 0 Å². The summed E-state index contributed by atoms with van der Waals surface area (Å²) in [6, 6.07) is 10.9. The molecule has 94 valence electrons. The Hall–Kier alpha value is -0.820. The average Bonchev–Trinajstić information content (AvgIpc) is 2.40.